The van der Waals surface area contributed by atoms with Crippen molar-refractivity contribution < 1.29 is 14.3 Å². The van der Waals surface area contributed by atoms with E-state index in [4.69, 9.17) is 9.47 Å². The lowest BCUT2D eigenvalue weighted by atomic mass is 9.79. The maximum Gasteiger partial charge on any atom is 0.261 e. The minimum atomic E-state index is -0.0621. The Balaban J connectivity index is 1.50. The van der Waals surface area contributed by atoms with Crippen LogP contribution in [-0.2, 0) is 11.3 Å². The van der Waals surface area contributed by atoms with Crippen LogP contribution in [0.25, 0.3) is 0 Å². The van der Waals surface area contributed by atoms with E-state index in [-0.39, 0.29) is 24.1 Å². The summed E-state index contributed by atoms with van der Waals surface area (Å²) in [5, 5.41) is 2.07. The SMILES string of the molecule is COc1ccc(OCC(=O)N(Cc2cccs2)C2CNNC23CCCCCCC3)cc1. The molecule has 0 radical (unpaired) electrons. The summed E-state index contributed by atoms with van der Waals surface area (Å²) in [5.41, 5.74) is 6.92. The first-order valence-electron chi connectivity index (χ1n) is 11.3. The second-order valence-electron chi connectivity index (χ2n) is 8.51. The largest absolute Gasteiger partial charge is 0.497 e. The number of nitrogens with zero attached hydrogens (tertiary/aromatic N) is 1. The summed E-state index contributed by atoms with van der Waals surface area (Å²) in [6, 6.07) is 11.6. The molecular formula is C24H33N3O3S. The van der Waals surface area contributed by atoms with E-state index in [9.17, 15) is 4.79 Å². The minimum absolute atomic E-state index is 0.0288. The zero-order chi connectivity index (χ0) is 21.5. The average molecular weight is 444 g/mol. The van der Waals surface area contributed by atoms with Crippen LogP contribution in [0.1, 0.15) is 49.8 Å². The van der Waals surface area contributed by atoms with Gasteiger partial charge in [0.1, 0.15) is 11.5 Å². The molecule has 1 aromatic carbocycles. The smallest absolute Gasteiger partial charge is 0.261 e. The highest BCUT2D eigenvalue weighted by Gasteiger charge is 2.46. The molecule has 1 spiro atoms. The molecular weight excluding hydrogens is 410 g/mol. The summed E-state index contributed by atoms with van der Waals surface area (Å²) in [7, 11) is 1.64. The van der Waals surface area contributed by atoms with E-state index in [0.717, 1.165) is 25.1 Å². The number of hydrazine groups is 1. The minimum Gasteiger partial charge on any atom is -0.497 e. The lowest BCUT2D eigenvalue weighted by Gasteiger charge is -2.42. The number of ether oxygens (including phenoxy) is 2. The summed E-state index contributed by atoms with van der Waals surface area (Å²) in [5.74, 6) is 1.47. The zero-order valence-corrected chi connectivity index (χ0v) is 19.1. The van der Waals surface area contributed by atoms with Crippen LogP contribution < -0.4 is 20.3 Å². The maximum atomic E-state index is 13.5. The summed E-state index contributed by atoms with van der Waals surface area (Å²) in [6.07, 6.45) is 8.46. The number of carbonyl (C=O) groups excluding carboxylic acids is 1. The van der Waals surface area contributed by atoms with Gasteiger partial charge in [0.2, 0.25) is 0 Å². The van der Waals surface area contributed by atoms with Crippen molar-refractivity contribution in [3.63, 3.8) is 0 Å². The third-order valence-corrected chi connectivity index (χ3v) is 7.40. The second-order valence-corrected chi connectivity index (χ2v) is 9.54. The normalized spacial score (nSPS) is 20.7. The van der Waals surface area contributed by atoms with Crippen LogP contribution in [0.3, 0.4) is 0 Å². The molecule has 6 nitrogen and oxygen atoms in total. The number of carbonyl (C=O) groups is 1. The van der Waals surface area contributed by atoms with Crippen molar-refractivity contribution in [1.82, 2.24) is 15.8 Å². The molecule has 0 bridgehead atoms. The molecule has 1 aromatic heterocycles. The van der Waals surface area contributed by atoms with E-state index in [1.807, 2.05) is 35.2 Å². The first-order valence-corrected chi connectivity index (χ1v) is 12.2. The Morgan fingerprint density at radius 3 is 2.48 bits per heavy atom. The topological polar surface area (TPSA) is 62.8 Å². The average Bonchev–Trinajstić information content (AvgIpc) is 3.44. The quantitative estimate of drug-likeness (QED) is 0.674. The highest BCUT2D eigenvalue weighted by molar-refractivity contribution is 7.09. The molecule has 1 saturated carbocycles. The van der Waals surface area contributed by atoms with E-state index in [1.54, 1.807) is 18.4 Å². The number of thiophene rings is 1. The van der Waals surface area contributed by atoms with Gasteiger partial charge >= 0.3 is 0 Å². The highest BCUT2D eigenvalue weighted by Crippen LogP contribution is 2.34. The van der Waals surface area contributed by atoms with Gasteiger partial charge in [-0.3, -0.25) is 10.2 Å². The molecule has 1 saturated heterocycles. The molecule has 7 heteroatoms. The van der Waals surface area contributed by atoms with Crippen LogP contribution in [-0.4, -0.2) is 42.6 Å². The number of benzene rings is 1. The summed E-state index contributed by atoms with van der Waals surface area (Å²) < 4.78 is 11.1. The number of amides is 1. The van der Waals surface area contributed by atoms with Crippen molar-refractivity contribution in [3.8, 4) is 11.5 Å². The predicted molar refractivity (Wildman–Crippen MR) is 123 cm³/mol. The first kappa shape index (κ1) is 22.1. The van der Waals surface area contributed by atoms with E-state index >= 15 is 0 Å². The van der Waals surface area contributed by atoms with Crippen LogP contribution >= 0.6 is 11.3 Å². The van der Waals surface area contributed by atoms with E-state index in [0.29, 0.717) is 12.3 Å². The molecule has 1 amide bonds. The molecule has 1 aliphatic carbocycles. The first-order chi connectivity index (χ1) is 15.2. The van der Waals surface area contributed by atoms with Crippen molar-refractivity contribution in [2.45, 2.75) is 63.1 Å². The Hall–Kier alpha value is -2.09. The standard InChI is InChI=1S/C24H33N3O3S/c1-29-19-9-11-20(12-10-19)30-18-23(28)27(17-21-8-7-15-31-21)22-16-25-26-24(22)13-5-3-2-4-6-14-24/h7-12,15,22,25-26H,2-6,13-14,16-18H2,1H3. The lowest BCUT2D eigenvalue weighted by Crippen LogP contribution is -2.58. The van der Waals surface area contributed by atoms with Crippen molar-refractivity contribution >= 4 is 17.2 Å². The van der Waals surface area contributed by atoms with E-state index in [2.05, 4.69) is 22.3 Å². The van der Waals surface area contributed by atoms with Crippen molar-refractivity contribution in [3.05, 3.63) is 46.7 Å². The zero-order valence-electron chi connectivity index (χ0n) is 18.3. The lowest BCUT2D eigenvalue weighted by molar-refractivity contribution is -0.137. The Labute approximate surface area is 188 Å². The fraction of sp³-hybridized carbons (Fsp3) is 0.542. The van der Waals surface area contributed by atoms with Crippen LogP contribution in [0.2, 0.25) is 0 Å². The molecule has 2 N–H and O–H groups in total. The molecule has 1 aliphatic heterocycles. The Bertz CT molecular complexity index is 817. The molecule has 2 fully saturated rings. The number of nitrogens with one attached hydrogen (secondary N) is 2. The van der Waals surface area contributed by atoms with Crippen molar-refractivity contribution in [2.24, 2.45) is 0 Å². The van der Waals surface area contributed by atoms with Crippen molar-refractivity contribution in [1.29, 1.82) is 0 Å². The van der Waals surface area contributed by atoms with Gasteiger partial charge in [-0.25, -0.2) is 5.43 Å². The van der Waals surface area contributed by atoms with Crippen LogP contribution in [0.15, 0.2) is 41.8 Å². The van der Waals surface area contributed by atoms with Gasteiger partial charge in [0, 0.05) is 11.4 Å². The number of methoxy groups -OCH3 is 1. The summed E-state index contributed by atoms with van der Waals surface area (Å²) >= 11 is 1.70. The highest BCUT2D eigenvalue weighted by atomic mass is 32.1. The van der Waals surface area contributed by atoms with E-state index < -0.39 is 0 Å². The maximum absolute atomic E-state index is 13.5. The number of hydrogen-bond donors (Lipinski definition) is 2. The third kappa shape index (κ3) is 5.40. The van der Waals surface area contributed by atoms with Gasteiger partial charge in [-0.2, -0.15) is 0 Å². The fourth-order valence-corrected chi connectivity index (χ4v) is 5.55. The van der Waals surface area contributed by atoms with E-state index in [1.165, 1.54) is 37.0 Å². The number of rotatable bonds is 7. The molecule has 1 unspecified atom stereocenters. The third-order valence-electron chi connectivity index (χ3n) is 6.54. The molecule has 2 aromatic rings. The second kappa shape index (κ2) is 10.5. The van der Waals surface area contributed by atoms with Gasteiger partial charge in [-0.05, 0) is 48.6 Å². The summed E-state index contributed by atoms with van der Waals surface area (Å²) in [4.78, 5) is 16.7. The van der Waals surface area contributed by atoms with Gasteiger partial charge in [0.05, 0.1) is 25.2 Å². The molecule has 2 heterocycles. The predicted octanol–water partition coefficient (Wildman–Crippen LogP) is 4.12. The molecule has 31 heavy (non-hydrogen) atoms. The molecule has 1 atom stereocenters. The molecule has 4 rings (SSSR count). The Morgan fingerprint density at radius 2 is 1.81 bits per heavy atom. The monoisotopic (exact) mass is 443 g/mol. The van der Waals surface area contributed by atoms with Crippen molar-refractivity contribution in [2.75, 3.05) is 20.3 Å². The van der Waals surface area contributed by atoms with Gasteiger partial charge in [0.25, 0.3) is 5.91 Å². The molecule has 2 aliphatic rings. The fourth-order valence-electron chi connectivity index (χ4n) is 4.85. The Morgan fingerprint density at radius 1 is 1.10 bits per heavy atom. The van der Waals surface area contributed by atoms with Gasteiger partial charge < -0.3 is 14.4 Å². The van der Waals surface area contributed by atoms with Gasteiger partial charge in [0.15, 0.2) is 6.61 Å². The van der Waals surface area contributed by atoms with Gasteiger partial charge in [-0.1, -0.05) is 38.2 Å². The molecule has 168 valence electrons. The van der Waals surface area contributed by atoms with Crippen LogP contribution in [0.5, 0.6) is 11.5 Å². The Kier molecular flexibility index (Phi) is 7.48. The van der Waals surface area contributed by atoms with Gasteiger partial charge in [-0.15, -0.1) is 11.3 Å². The number of hydrogen-bond acceptors (Lipinski definition) is 6. The van der Waals surface area contributed by atoms with Crippen LogP contribution in [0, 0.1) is 0 Å². The van der Waals surface area contributed by atoms with Crippen LogP contribution in [0.4, 0.5) is 0 Å². The summed E-state index contributed by atoms with van der Waals surface area (Å²) in [6.45, 7) is 1.42.